The first-order valence-electron chi connectivity index (χ1n) is 7.90. The van der Waals surface area contributed by atoms with Crippen LogP contribution in [0.25, 0.3) is 0 Å². The fourth-order valence-corrected chi connectivity index (χ4v) is 3.21. The van der Waals surface area contributed by atoms with Gasteiger partial charge in [-0.3, -0.25) is 9.89 Å². The zero-order valence-corrected chi connectivity index (χ0v) is 15.3. The molecule has 3 rings (SSSR count). The van der Waals surface area contributed by atoms with Crippen molar-refractivity contribution in [2.24, 2.45) is 5.92 Å². The van der Waals surface area contributed by atoms with Crippen molar-refractivity contribution >= 4 is 29.9 Å². The van der Waals surface area contributed by atoms with E-state index in [4.69, 9.17) is 11.6 Å². The monoisotopic (exact) mass is 368 g/mol. The van der Waals surface area contributed by atoms with Crippen LogP contribution < -0.4 is 10.6 Å². The quantitative estimate of drug-likeness (QED) is 0.775. The normalized spacial score (nSPS) is 14.7. The van der Waals surface area contributed by atoms with Gasteiger partial charge < -0.3 is 10.6 Å². The summed E-state index contributed by atoms with van der Waals surface area (Å²) in [6, 6.07) is 7.47. The van der Waals surface area contributed by atoms with Crippen LogP contribution >= 0.6 is 24.0 Å². The lowest BCUT2D eigenvalue weighted by atomic mass is 9.95. The predicted octanol–water partition coefficient (Wildman–Crippen LogP) is 3.26. The van der Waals surface area contributed by atoms with Crippen molar-refractivity contribution in [3.63, 3.8) is 0 Å². The van der Waals surface area contributed by atoms with E-state index in [1.165, 1.54) is 0 Å². The van der Waals surface area contributed by atoms with Crippen molar-refractivity contribution in [3.8, 4) is 0 Å². The second-order valence-electron chi connectivity index (χ2n) is 6.17. The standard InChI is InChI=1S/C17H21ClN4O.ClH/c1-10(2)15(11-5-3-4-6-13(11)18)20-17(23)16-12-9-19-8-7-14(12)21-22-16;/h3-6,10,15,19H,7-9H2,1-2H3,(H,20,23)(H,21,22);1H. The highest BCUT2D eigenvalue weighted by Crippen LogP contribution is 2.28. The Morgan fingerprint density at radius 1 is 1.33 bits per heavy atom. The zero-order valence-electron chi connectivity index (χ0n) is 13.7. The van der Waals surface area contributed by atoms with Gasteiger partial charge in [-0.2, -0.15) is 5.10 Å². The summed E-state index contributed by atoms with van der Waals surface area (Å²) in [4.78, 5) is 12.7. The van der Waals surface area contributed by atoms with E-state index in [1.54, 1.807) is 0 Å². The molecule has 0 fully saturated rings. The number of aromatic nitrogens is 2. The number of aromatic amines is 1. The first kappa shape index (κ1) is 18.8. The van der Waals surface area contributed by atoms with Crippen molar-refractivity contribution in [2.75, 3.05) is 6.54 Å². The van der Waals surface area contributed by atoms with Gasteiger partial charge in [-0.15, -0.1) is 12.4 Å². The predicted molar refractivity (Wildman–Crippen MR) is 97.7 cm³/mol. The highest BCUT2D eigenvalue weighted by atomic mass is 35.5. The molecule has 1 aliphatic heterocycles. The third kappa shape index (κ3) is 3.74. The Morgan fingerprint density at radius 3 is 2.79 bits per heavy atom. The molecule has 24 heavy (non-hydrogen) atoms. The summed E-state index contributed by atoms with van der Waals surface area (Å²) in [5.74, 6) is 0.0524. The lowest BCUT2D eigenvalue weighted by Gasteiger charge is -2.24. The fourth-order valence-electron chi connectivity index (χ4n) is 2.95. The van der Waals surface area contributed by atoms with Gasteiger partial charge in [0, 0.05) is 35.8 Å². The van der Waals surface area contributed by atoms with Gasteiger partial charge in [-0.25, -0.2) is 0 Å². The number of nitrogens with one attached hydrogen (secondary N) is 3. The van der Waals surface area contributed by atoms with Crippen molar-refractivity contribution < 1.29 is 4.79 Å². The maximum Gasteiger partial charge on any atom is 0.272 e. The Hall–Kier alpha value is -1.56. The molecular weight excluding hydrogens is 347 g/mol. The summed E-state index contributed by atoms with van der Waals surface area (Å²) in [5, 5.41) is 14.2. The van der Waals surface area contributed by atoms with Gasteiger partial charge in [0.1, 0.15) is 0 Å². The van der Waals surface area contributed by atoms with E-state index >= 15 is 0 Å². The SMILES string of the molecule is CC(C)C(NC(=O)c1n[nH]c2c1CNCC2)c1ccccc1Cl.Cl. The molecule has 0 saturated heterocycles. The lowest BCUT2D eigenvalue weighted by Crippen LogP contribution is -2.33. The van der Waals surface area contributed by atoms with Crippen molar-refractivity contribution in [1.82, 2.24) is 20.8 Å². The number of amides is 1. The minimum Gasteiger partial charge on any atom is -0.344 e. The third-order valence-electron chi connectivity index (χ3n) is 4.21. The average Bonchev–Trinajstić information content (AvgIpc) is 2.97. The van der Waals surface area contributed by atoms with Gasteiger partial charge in [0.05, 0.1) is 6.04 Å². The summed E-state index contributed by atoms with van der Waals surface area (Å²) in [5.41, 5.74) is 3.42. The molecule has 1 unspecified atom stereocenters. The average molecular weight is 369 g/mol. The van der Waals surface area contributed by atoms with Gasteiger partial charge in [0.15, 0.2) is 5.69 Å². The van der Waals surface area contributed by atoms with Crippen LogP contribution in [-0.2, 0) is 13.0 Å². The molecule has 0 bridgehead atoms. The maximum atomic E-state index is 12.7. The maximum absolute atomic E-state index is 12.7. The molecule has 5 nitrogen and oxygen atoms in total. The Balaban J connectivity index is 0.00000208. The number of H-pyrrole nitrogens is 1. The first-order chi connectivity index (χ1) is 11.1. The Kier molecular flexibility index (Phi) is 6.27. The molecule has 0 saturated carbocycles. The van der Waals surface area contributed by atoms with E-state index in [2.05, 4.69) is 34.7 Å². The summed E-state index contributed by atoms with van der Waals surface area (Å²) in [7, 11) is 0. The second-order valence-corrected chi connectivity index (χ2v) is 6.58. The molecule has 2 heterocycles. The molecule has 0 spiro atoms. The van der Waals surface area contributed by atoms with Crippen LogP contribution in [0.3, 0.4) is 0 Å². The van der Waals surface area contributed by atoms with E-state index < -0.39 is 0 Å². The van der Waals surface area contributed by atoms with Crippen molar-refractivity contribution in [3.05, 3.63) is 51.8 Å². The van der Waals surface area contributed by atoms with E-state index in [1.807, 2.05) is 24.3 Å². The molecule has 0 aliphatic carbocycles. The molecule has 1 aromatic heterocycles. The lowest BCUT2D eigenvalue weighted by molar-refractivity contribution is 0.0919. The number of fused-ring (bicyclic) bond motifs is 1. The smallest absolute Gasteiger partial charge is 0.272 e. The number of carbonyl (C=O) groups excluding carboxylic acids is 1. The van der Waals surface area contributed by atoms with Gasteiger partial charge in [-0.1, -0.05) is 43.6 Å². The number of halogens is 2. The van der Waals surface area contributed by atoms with E-state index in [0.717, 1.165) is 29.8 Å². The Labute approximate surface area is 153 Å². The van der Waals surface area contributed by atoms with Crippen molar-refractivity contribution in [1.29, 1.82) is 0 Å². The summed E-state index contributed by atoms with van der Waals surface area (Å²) < 4.78 is 0. The van der Waals surface area contributed by atoms with Crippen LogP contribution in [0.4, 0.5) is 0 Å². The number of hydrogen-bond donors (Lipinski definition) is 3. The summed E-state index contributed by atoms with van der Waals surface area (Å²) in [6.45, 7) is 5.71. The molecule has 1 atom stereocenters. The minimum atomic E-state index is -0.162. The highest BCUT2D eigenvalue weighted by molar-refractivity contribution is 6.31. The van der Waals surface area contributed by atoms with E-state index in [-0.39, 0.29) is 30.3 Å². The largest absolute Gasteiger partial charge is 0.344 e. The van der Waals surface area contributed by atoms with Crippen LogP contribution in [0.1, 0.15) is 47.2 Å². The van der Waals surface area contributed by atoms with Crippen LogP contribution in [0.15, 0.2) is 24.3 Å². The molecule has 0 radical (unpaired) electrons. The van der Waals surface area contributed by atoms with Gasteiger partial charge in [0.25, 0.3) is 5.91 Å². The molecule has 1 aromatic carbocycles. The Morgan fingerprint density at radius 2 is 2.08 bits per heavy atom. The molecular formula is C17H22Cl2N4O. The molecule has 1 aliphatic rings. The van der Waals surface area contributed by atoms with Crippen LogP contribution in [0, 0.1) is 5.92 Å². The highest BCUT2D eigenvalue weighted by Gasteiger charge is 2.26. The number of benzene rings is 1. The molecule has 7 heteroatoms. The minimum absolute atomic E-state index is 0. The van der Waals surface area contributed by atoms with E-state index in [9.17, 15) is 4.79 Å². The number of rotatable bonds is 4. The zero-order chi connectivity index (χ0) is 16.4. The number of carbonyl (C=O) groups is 1. The van der Waals surface area contributed by atoms with Crippen LogP contribution in [0.2, 0.25) is 5.02 Å². The van der Waals surface area contributed by atoms with Gasteiger partial charge >= 0.3 is 0 Å². The molecule has 130 valence electrons. The Bertz CT molecular complexity index is 714. The van der Waals surface area contributed by atoms with Gasteiger partial charge in [-0.05, 0) is 17.5 Å². The van der Waals surface area contributed by atoms with Gasteiger partial charge in [0.2, 0.25) is 0 Å². The van der Waals surface area contributed by atoms with Crippen LogP contribution in [-0.4, -0.2) is 22.6 Å². The molecule has 1 amide bonds. The van der Waals surface area contributed by atoms with Crippen molar-refractivity contribution in [2.45, 2.75) is 32.9 Å². The fraction of sp³-hybridized carbons (Fsp3) is 0.412. The first-order valence-corrected chi connectivity index (χ1v) is 8.28. The number of nitrogens with zero attached hydrogens (tertiary/aromatic N) is 1. The molecule has 3 N–H and O–H groups in total. The topological polar surface area (TPSA) is 69.8 Å². The third-order valence-corrected chi connectivity index (χ3v) is 4.56. The molecule has 2 aromatic rings. The van der Waals surface area contributed by atoms with Crippen LogP contribution in [0.5, 0.6) is 0 Å². The summed E-state index contributed by atoms with van der Waals surface area (Å²) >= 11 is 6.30. The number of hydrogen-bond acceptors (Lipinski definition) is 3. The second kappa shape index (κ2) is 8.01. The summed E-state index contributed by atoms with van der Waals surface area (Å²) in [6.07, 6.45) is 0.869. The van der Waals surface area contributed by atoms with E-state index in [0.29, 0.717) is 17.3 Å².